The van der Waals surface area contributed by atoms with E-state index < -0.39 is 36.7 Å². The number of aliphatic hydroxyl groups excluding tert-OH is 3. The van der Waals surface area contributed by atoms with Crippen molar-refractivity contribution in [3.05, 3.63) is 29.3 Å². The first-order valence-electron chi connectivity index (χ1n) is 9.47. The minimum absolute atomic E-state index is 0.400. The van der Waals surface area contributed by atoms with Crippen molar-refractivity contribution >= 4 is 5.97 Å². The van der Waals surface area contributed by atoms with Crippen LogP contribution in [0.15, 0.2) is 18.2 Å². The summed E-state index contributed by atoms with van der Waals surface area (Å²) >= 11 is 0. The van der Waals surface area contributed by atoms with E-state index in [0.29, 0.717) is 5.75 Å². The molecule has 7 nitrogen and oxygen atoms in total. The molecule has 1 aliphatic rings. The van der Waals surface area contributed by atoms with Crippen LogP contribution in [0.2, 0.25) is 0 Å². The van der Waals surface area contributed by atoms with E-state index >= 15 is 0 Å². The Morgan fingerprint density at radius 2 is 1.44 bits per heavy atom. The topological polar surface area (TPSA) is 116 Å². The third-order valence-electron chi connectivity index (χ3n) is 3.39. The maximum absolute atomic E-state index is 11.0. The van der Waals surface area contributed by atoms with E-state index in [9.17, 15) is 20.1 Å². The van der Waals surface area contributed by atoms with Gasteiger partial charge in [0.15, 0.2) is 6.10 Å². The first kappa shape index (κ1) is 27.5. The molecule has 7 heteroatoms. The zero-order valence-electron chi connectivity index (χ0n) is 17.6. The number of hydrogen-bond acceptors (Lipinski definition) is 6. The van der Waals surface area contributed by atoms with E-state index in [1.165, 1.54) is 0 Å². The minimum Gasteiger partial charge on any atom is -0.479 e. The van der Waals surface area contributed by atoms with E-state index in [1.807, 2.05) is 54.5 Å². The Morgan fingerprint density at radius 1 is 0.926 bits per heavy atom. The van der Waals surface area contributed by atoms with E-state index in [1.54, 1.807) is 19.1 Å². The second-order valence-electron chi connectivity index (χ2n) is 5.12. The summed E-state index contributed by atoms with van der Waals surface area (Å²) in [6, 6.07) is 5.30. The number of aliphatic carboxylic acids is 1. The molecule has 1 aliphatic heterocycles. The van der Waals surface area contributed by atoms with E-state index in [0.717, 1.165) is 11.1 Å². The smallest absolute Gasteiger partial charge is 0.335 e. The van der Waals surface area contributed by atoms with Crippen molar-refractivity contribution in [2.45, 2.75) is 86.1 Å². The SMILES string of the molecule is CC.CC.CC.Cc1ccc(OC2OC(C(=O)O)C(O)C(O)C2O)c(C)c1. The molecule has 1 aromatic rings. The third-order valence-corrected chi connectivity index (χ3v) is 3.39. The maximum Gasteiger partial charge on any atom is 0.335 e. The van der Waals surface area contributed by atoms with E-state index in [4.69, 9.17) is 14.6 Å². The maximum atomic E-state index is 11.0. The van der Waals surface area contributed by atoms with Gasteiger partial charge < -0.3 is 29.9 Å². The van der Waals surface area contributed by atoms with Gasteiger partial charge in [-0.3, -0.25) is 0 Å². The number of carboxylic acids is 1. The molecule has 2 rings (SSSR count). The van der Waals surface area contributed by atoms with Crippen LogP contribution in [-0.4, -0.2) is 57.1 Å². The average Bonchev–Trinajstić information content (AvgIpc) is 2.68. The van der Waals surface area contributed by atoms with Crippen molar-refractivity contribution < 1.29 is 34.7 Å². The summed E-state index contributed by atoms with van der Waals surface area (Å²) in [6.45, 7) is 15.7. The van der Waals surface area contributed by atoms with Crippen LogP contribution >= 0.6 is 0 Å². The summed E-state index contributed by atoms with van der Waals surface area (Å²) in [5, 5.41) is 38.1. The molecule has 1 fully saturated rings. The van der Waals surface area contributed by atoms with Gasteiger partial charge in [-0.1, -0.05) is 59.2 Å². The minimum atomic E-state index is -1.73. The lowest BCUT2D eigenvalue weighted by Gasteiger charge is -2.38. The molecule has 1 saturated heterocycles. The number of aryl methyl sites for hydroxylation is 2. The Hall–Kier alpha value is -1.67. The molecule has 5 atom stereocenters. The van der Waals surface area contributed by atoms with Crippen molar-refractivity contribution in [3.8, 4) is 5.75 Å². The van der Waals surface area contributed by atoms with Crippen LogP contribution in [-0.2, 0) is 9.53 Å². The molecule has 5 unspecified atom stereocenters. The normalized spacial score (nSPS) is 26.1. The van der Waals surface area contributed by atoms with Crippen molar-refractivity contribution in [1.82, 2.24) is 0 Å². The summed E-state index contributed by atoms with van der Waals surface area (Å²) in [4.78, 5) is 11.0. The number of carboxylic acid groups (broad SMARTS) is 1. The molecule has 0 aromatic heterocycles. The zero-order chi connectivity index (χ0) is 21.7. The van der Waals surface area contributed by atoms with E-state index in [2.05, 4.69) is 0 Å². The molecule has 1 aromatic carbocycles. The first-order valence-corrected chi connectivity index (χ1v) is 9.47. The Kier molecular flexibility index (Phi) is 14.7. The lowest BCUT2D eigenvalue weighted by Crippen LogP contribution is -2.61. The van der Waals surface area contributed by atoms with Crippen LogP contribution in [0.25, 0.3) is 0 Å². The van der Waals surface area contributed by atoms with E-state index in [-0.39, 0.29) is 0 Å². The molecule has 0 spiro atoms. The van der Waals surface area contributed by atoms with Gasteiger partial charge in [0, 0.05) is 0 Å². The quantitative estimate of drug-likeness (QED) is 0.629. The number of hydrogen-bond donors (Lipinski definition) is 4. The van der Waals surface area contributed by atoms with Crippen LogP contribution in [0.1, 0.15) is 52.7 Å². The summed E-state index contributed by atoms with van der Waals surface area (Å²) in [6.07, 6.45) is -8.01. The number of benzene rings is 1. The molecule has 1 heterocycles. The van der Waals surface area contributed by atoms with Gasteiger partial charge in [-0.2, -0.15) is 0 Å². The van der Waals surface area contributed by atoms with Gasteiger partial charge in [0.1, 0.15) is 24.1 Å². The van der Waals surface area contributed by atoms with Gasteiger partial charge in [-0.05, 0) is 25.5 Å². The summed E-state index contributed by atoms with van der Waals surface area (Å²) < 4.78 is 10.5. The highest BCUT2D eigenvalue weighted by atomic mass is 16.7. The van der Waals surface area contributed by atoms with Gasteiger partial charge in [-0.25, -0.2) is 4.79 Å². The standard InChI is InChI=1S/C14H18O7.3C2H6/c1-6-3-4-8(7(2)5-6)20-14-11(17)9(15)10(16)12(21-14)13(18)19;3*1-2/h3-5,9-12,14-17H,1-2H3,(H,18,19);3*1-2H3. The highest BCUT2D eigenvalue weighted by Gasteiger charge is 2.48. The molecule has 158 valence electrons. The second-order valence-corrected chi connectivity index (χ2v) is 5.12. The molecular weight excluding hydrogens is 352 g/mol. The van der Waals surface area contributed by atoms with Gasteiger partial charge in [0.05, 0.1) is 0 Å². The molecule has 0 aliphatic carbocycles. The predicted molar refractivity (Wildman–Crippen MR) is 105 cm³/mol. The summed E-state index contributed by atoms with van der Waals surface area (Å²) in [7, 11) is 0. The number of rotatable bonds is 3. The average molecular weight is 389 g/mol. The van der Waals surface area contributed by atoms with Crippen LogP contribution in [0.4, 0.5) is 0 Å². The van der Waals surface area contributed by atoms with Crippen LogP contribution < -0.4 is 4.74 Å². The largest absolute Gasteiger partial charge is 0.479 e. The fourth-order valence-corrected chi connectivity index (χ4v) is 2.21. The molecule has 0 radical (unpaired) electrons. The van der Waals surface area contributed by atoms with Crippen LogP contribution in [0.5, 0.6) is 5.75 Å². The predicted octanol–water partition coefficient (Wildman–Crippen LogP) is 2.65. The van der Waals surface area contributed by atoms with Crippen molar-refractivity contribution in [1.29, 1.82) is 0 Å². The Bertz CT molecular complexity index is 533. The number of aliphatic hydroxyl groups is 3. The number of ether oxygens (including phenoxy) is 2. The van der Waals surface area contributed by atoms with Crippen molar-refractivity contribution in [2.75, 3.05) is 0 Å². The zero-order valence-corrected chi connectivity index (χ0v) is 17.6. The summed E-state index contributed by atoms with van der Waals surface area (Å²) in [5.41, 5.74) is 1.79. The molecule has 0 amide bonds. The summed E-state index contributed by atoms with van der Waals surface area (Å²) in [5.74, 6) is -1.04. The van der Waals surface area contributed by atoms with Gasteiger partial charge in [0.25, 0.3) is 0 Å². The van der Waals surface area contributed by atoms with Crippen LogP contribution in [0.3, 0.4) is 0 Å². The number of carbonyl (C=O) groups is 1. The van der Waals surface area contributed by atoms with Gasteiger partial charge in [-0.15, -0.1) is 0 Å². The first-order chi connectivity index (χ1) is 12.8. The monoisotopic (exact) mass is 388 g/mol. The Balaban J connectivity index is 0. The highest BCUT2D eigenvalue weighted by molar-refractivity contribution is 5.73. The van der Waals surface area contributed by atoms with Gasteiger partial charge in [0.2, 0.25) is 6.29 Å². The Labute approximate surface area is 162 Å². The molecule has 0 saturated carbocycles. The fraction of sp³-hybridized carbons (Fsp3) is 0.650. The second kappa shape index (κ2) is 14.4. The van der Waals surface area contributed by atoms with Crippen molar-refractivity contribution in [2.24, 2.45) is 0 Å². The lowest BCUT2D eigenvalue weighted by atomic mass is 9.99. The fourth-order valence-electron chi connectivity index (χ4n) is 2.21. The highest BCUT2D eigenvalue weighted by Crippen LogP contribution is 2.26. The molecule has 4 N–H and O–H groups in total. The lowest BCUT2D eigenvalue weighted by molar-refractivity contribution is -0.271. The molecular formula is C20H36O7. The molecule has 0 bridgehead atoms. The van der Waals surface area contributed by atoms with Gasteiger partial charge >= 0.3 is 5.97 Å². The van der Waals surface area contributed by atoms with Crippen LogP contribution in [0, 0.1) is 13.8 Å². The third kappa shape index (κ3) is 7.84. The van der Waals surface area contributed by atoms with Crippen molar-refractivity contribution in [3.63, 3.8) is 0 Å². The molecule has 27 heavy (non-hydrogen) atoms. The Morgan fingerprint density at radius 3 is 1.89 bits per heavy atom.